The van der Waals surface area contributed by atoms with Crippen LogP contribution in [0, 0.1) is 5.92 Å². The monoisotopic (exact) mass is 292 g/mol. The Morgan fingerprint density at radius 1 is 1.43 bits per heavy atom. The van der Waals surface area contributed by atoms with Crippen LogP contribution in [0.15, 0.2) is 24.4 Å². The summed E-state index contributed by atoms with van der Waals surface area (Å²) in [6.07, 6.45) is 3.89. The van der Waals surface area contributed by atoms with Gasteiger partial charge in [-0.2, -0.15) is 0 Å². The second-order valence-corrected chi connectivity index (χ2v) is 4.93. The molecule has 0 fully saturated rings. The lowest BCUT2D eigenvalue weighted by Crippen LogP contribution is -2.41. The Bertz CT molecular complexity index is 509. The molecule has 6 nitrogen and oxygen atoms in total. The second-order valence-electron chi connectivity index (χ2n) is 4.93. The minimum absolute atomic E-state index is 0.0871. The molecule has 0 saturated heterocycles. The summed E-state index contributed by atoms with van der Waals surface area (Å²) in [5, 5.41) is 11.4. The minimum atomic E-state index is -1.03. The Labute approximate surface area is 123 Å². The molecule has 0 aromatic carbocycles. The first-order valence-electron chi connectivity index (χ1n) is 6.61. The van der Waals surface area contributed by atoms with E-state index in [0.29, 0.717) is 12.2 Å². The summed E-state index contributed by atoms with van der Waals surface area (Å²) in [6.45, 7) is 4.43. The lowest BCUT2D eigenvalue weighted by molar-refractivity contribution is -0.131. The van der Waals surface area contributed by atoms with E-state index in [1.165, 1.54) is 12.3 Å². The molecule has 1 unspecified atom stereocenters. The maximum atomic E-state index is 12.1. The smallest absolute Gasteiger partial charge is 0.328 e. The predicted octanol–water partition coefficient (Wildman–Crippen LogP) is 1.58. The van der Waals surface area contributed by atoms with E-state index in [-0.39, 0.29) is 23.6 Å². The third-order valence-electron chi connectivity index (χ3n) is 2.90. The highest BCUT2D eigenvalue weighted by atomic mass is 16.5. The number of hydrogen-bond donors (Lipinski definition) is 2. The molecule has 0 spiro atoms. The maximum Gasteiger partial charge on any atom is 0.328 e. The van der Waals surface area contributed by atoms with Crippen LogP contribution < -0.4 is 5.32 Å². The average molecular weight is 292 g/mol. The van der Waals surface area contributed by atoms with Crippen molar-refractivity contribution in [3.8, 4) is 0 Å². The first kappa shape index (κ1) is 16.8. The van der Waals surface area contributed by atoms with Crippen LogP contribution in [-0.2, 0) is 9.53 Å². The second kappa shape index (κ2) is 8.16. The number of methoxy groups -OCH3 is 1. The van der Waals surface area contributed by atoms with Gasteiger partial charge in [0.05, 0.1) is 12.6 Å². The van der Waals surface area contributed by atoms with Crippen molar-refractivity contribution < 1.29 is 19.4 Å². The summed E-state index contributed by atoms with van der Waals surface area (Å²) in [7, 11) is 1.59. The molecule has 0 aliphatic carbocycles. The van der Waals surface area contributed by atoms with Gasteiger partial charge in [0, 0.05) is 19.4 Å². The highest BCUT2D eigenvalue weighted by Crippen LogP contribution is 2.06. The molecule has 114 valence electrons. The Morgan fingerprint density at radius 3 is 2.62 bits per heavy atom. The van der Waals surface area contributed by atoms with Crippen molar-refractivity contribution in [3.63, 3.8) is 0 Å². The Hall–Kier alpha value is -2.21. The Balaban J connectivity index is 2.72. The van der Waals surface area contributed by atoms with Gasteiger partial charge in [0.15, 0.2) is 0 Å². The van der Waals surface area contributed by atoms with Gasteiger partial charge in [-0.1, -0.05) is 19.9 Å². The van der Waals surface area contributed by atoms with E-state index >= 15 is 0 Å². The van der Waals surface area contributed by atoms with E-state index < -0.39 is 5.97 Å². The molecule has 1 atom stereocenters. The van der Waals surface area contributed by atoms with Crippen LogP contribution in [0.4, 0.5) is 0 Å². The van der Waals surface area contributed by atoms with Crippen molar-refractivity contribution in [2.24, 2.45) is 5.92 Å². The highest BCUT2D eigenvalue weighted by Gasteiger charge is 2.17. The molecule has 1 rings (SSSR count). The topological polar surface area (TPSA) is 88.5 Å². The molecule has 0 aliphatic rings. The zero-order valence-corrected chi connectivity index (χ0v) is 12.4. The van der Waals surface area contributed by atoms with Gasteiger partial charge in [-0.25, -0.2) is 4.79 Å². The van der Waals surface area contributed by atoms with Gasteiger partial charge in [-0.05, 0) is 23.6 Å². The molecular weight excluding hydrogens is 272 g/mol. The van der Waals surface area contributed by atoms with Gasteiger partial charge in [-0.3, -0.25) is 9.78 Å². The van der Waals surface area contributed by atoms with Crippen LogP contribution in [0.3, 0.4) is 0 Å². The molecule has 1 amide bonds. The fraction of sp³-hybridized carbons (Fsp3) is 0.400. The van der Waals surface area contributed by atoms with E-state index in [1.54, 1.807) is 19.2 Å². The summed E-state index contributed by atoms with van der Waals surface area (Å²) in [6, 6.07) is 3.11. The molecule has 0 aliphatic heterocycles. The molecule has 1 heterocycles. The van der Waals surface area contributed by atoms with Gasteiger partial charge in [0.2, 0.25) is 0 Å². The first-order chi connectivity index (χ1) is 9.93. The number of carboxylic acids is 1. The zero-order valence-electron chi connectivity index (χ0n) is 12.4. The summed E-state index contributed by atoms with van der Waals surface area (Å²) < 4.78 is 5.08. The Kier molecular flexibility index (Phi) is 6.55. The molecule has 0 bridgehead atoms. The maximum absolute atomic E-state index is 12.1. The lowest BCUT2D eigenvalue weighted by Gasteiger charge is -2.21. The van der Waals surface area contributed by atoms with Crippen LogP contribution in [0.2, 0.25) is 0 Å². The molecule has 0 saturated carbocycles. The van der Waals surface area contributed by atoms with Crippen LogP contribution in [0.25, 0.3) is 6.08 Å². The van der Waals surface area contributed by atoms with E-state index in [2.05, 4.69) is 10.3 Å². The van der Waals surface area contributed by atoms with Crippen molar-refractivity contribution in [3.05, 3.63) is 35.7 Å². The summed E-state index contributed by atoms with van der Waals surface area (Å²) in [4.78, 5) is 26.5. The van der Waals surface area contributed by atoms with E-state index in [1.807, 2.05) is 13.8 Å². The van der Waals surface area contributed by atoms with Crippen LogP contribution in [0.1, 0.15) is 29.9 Å². The van der Waals surface area contributed by atoms with Gasteiger partial charge in [-0.15, -0.1) is 0 Å². The van der Waals surface area contributed by atoms with E-state index in [9.17, 15) is 9.59 Å². The molecule has 21 heavy (non-hydrogen) atoms. The van der Waals surface area contributed by atoms with Gasteiger partial charge >= 0.3 is 5.97 Å². The molecule has 2 N–H and O–H groups in total. The van der Waals surface area contributed by atoms with Gasteiger partial charge < -0.3 is 15.2 Å². The molecule has 1 aromatic heterocycles. The number of pyridine rings is 1. The first-order valence-corrected chi connectivity index (χ1v) is 6.61. The number of amides is 1. The van der Waals surface area contributed by atoms with E-state index in [0.717, 1.165) is 6.08 Å². The number of carbonyl (C=O) groups is 2. The molecule has 0 radical (unpaired) electrons. The number of carbonyl (C=O) groups excluding carboxylic acids is 1. The van der Waals surface area contributed by atoms with Gasteiger partial charge in [0.1, 0.15) is 5.69 Å². The van der Waals surface area contributed by atoms with Crippen molar-refractivity contribution in [2.75, 3.05) is 13.7 Å². The summed E-state index contributed by atoms with van der Waals surface area (Å²) in [5.74, 6) is -1.07. The number of nitrogens with one attached hydrogen (secondary N) is 1. The summed E-state index contributed by atoms with van der Waals surface area (Å²) >= 11 is 0. The molecular formula is C15H20N2O4. The zero-order chi connectivity index (χ0) is 15.8. The minimum Gasteiger partial charge on any atom is -0.478 e. The highest BCUT2D eigenvalue weighted by molar-refractivity contribution is 5.92. The predicted molar refractivity (Wildman–Crippen MR) is 78.9 cm³/mol. The normalized spacial score (nSPS) is 12.6. The van der Waals surface area contributed by atoms with Crippen molar-refractivity contribution >= 4 is 18.0 Å². The van der Waals surface area contributed by atoms with Crippen molar-refractivity contribution in [2.45, 2.75) is 19.9 Å². The fourth-order valence-electron chi connectivity index (χ4n) is 1.63. The largest absolute Gasteiger partial charge is 0.478 e. The number of ether oxygens (including phenoxy) is 1. The average Bonchev–Trinajstić information content (AvgIpc) is 2.45. The van der Waals surface area contributed by atoms with Crippen LogP contribution >= 0.6 is 0 Å². The standard InChI is InChI=1S/C15H20N2O4/c1-10(2)13(9-21-3)17-15(20)12-6-4-11(8-16-12)5-7-14(18)19/h4-8,10,13H,9H2,1-3H3,(H,17,20)(H,18,19). The van der Waals surface area contributed by atoms with Crippen molar-refractivity contribution in [1.29, 1.82) is 0 Å². The van der Waals surface area contributed by atoms with Crippen LogP contribution in [0.5, 0.6) is 0 Å². The number of hydrogen-bond acceptors (Lipinski definition) is 4. The fourth-order valence-corrected chi connectivity index (χ4v) is 1.63. The van der Waals surface area contributed by atoms with Gasteiger partial charge in [0.25, 0.3) is 5.91 Å². The Morgan fingerprint density at radius 2 is 2.14 bits per heavy atom. The SMILES string of the molecule is COCC(NC(=O)c1ccc(C=CC(=O)O)cn1)C(C)C. The molecule has 1 aromatic rings. The number of aromatic nitrogens is 1. The molecule has 6 heteroatoms. The quantitative estimate of drug-likeness (QED) is 0.745. The van der Waals surface area contributed by atoms with E-state index in [4.69, 9.17) is 9.84 Å². The lowest BCUT2D eigenvalue weighted by atomic mass is 10.1. The third-order valence-corrected chi connectivity index (χ3v) is 2.90. The number of rotatable bonds is 7. The number of aliphatic carboxylic acids is 1. The number of carboxylic acid groups (broad SMARTS) is 1. The number of nitrogens with zero attached hydrogens (tertiary/aromatic N) is 1. The van der Waals surface area contributed by atoms with Crippen molar-refractivity contribution in [1.82, 2.24) is 10.3 Å². The van der Waals surface area contributed by atoms with Crippen LogP contribution in [-0.4, -0.2) is 41.7 Å². The third kappa shape index (κ3) is 5.74. The summed E-state index contributed by atoms with van der Waals surface area (Å²) in [5.41, 5.74) is 0.899.